The van der Waals surface area contributed by atoms with Gasteiger partial charge in [0.1, 0.15) is 0 Å². The molecule has 234 valence electrons. The Morgan fingerprint density at radius 2 is 0.940 bits per heavy atom. The molecule has 0 N–H and O–H groups in total. The van der Waals surface area contributed by atoms with Gasteiger partial charge in [0.25, 0.3) is 12.0 Å². The monoisotopic (exact) mass is 674 g/mol. The summed E-state index contributed by atoms with van der Waals surface area (Å²) in [6.07, 6.45) is 7.96. The first-order valence-corrected chi connectivity index (χ1v) is 18.8. The van der Waals surface area contributed by atoms with Crippen molar-refractivity contribution < 1.29 is 0 Å². The average Bonchev–Trinajstić information content (AvgIpc) is 3.15. The first kappa shape index (κ1) is 28.6. The van der Waals surface area contributed by atoms with Crippen molar-refractivity contribution in [3.8, 4) is 22.3 Å². The second kappa shape index (κ2) is 10.7. The van der Waals surface area contributed by atoms with E-state index in [9.17, 15) is 0 Å². The zero-order valence-electron chi connectivity index (χ0n) is 27.5. The molecule has 4 nitrogen and oxygen atoms in total. The van der Waals surface area contributed by atoms with Crippen LogP contribution < -0.4 is 31.7 Å². The molecule has 0 saturated carbocycles. The molecule has 0 unspecified atom stereocenters. The number of aromatic nitrogens is 2. The fraction of sp³-hybridized carbons (Fsp3) is 0.0476. The van der Waals surface area contributed by atoms with Gasteiger partial charge in [-0.3, -0.25) is 9.97 Å². The summed E-state index contributed by atoms with van der Waals surface area (Å²) in [4.78, 5) is 16.8. The van der Waals surface area contributed by atoms with Gasteiger partial charge >= 0.3 is 0 Å². The minimum absolute atomic E-state index is 0.143. The van der Waals surface area contributed by atoms with Crippen LogP contribution in [0.5, 0.6) is 0 Å². The highest BCUT2D eigenvalue weighted by molar-refractivity contribution is 8.29. The Morgan fingerprint density at radius 1 is 0.480 bits per heavy atom. The second-order valence-electron chi connectivity index (χ2n) is 13.5. The van der Waals surface area contributed by atoms with Gasteiger partial charge in [0.15, 0.2) is 0 Å². The second-order valence-corrected chi connectivity index (χ2v) is 15.8. The topological polar surface area (TPSA) is 32.3 Å². The van der Waals surface area contributed by atoms with E-state index in [1.165, 1.54) is 87.8 Å². The van der Waals surface area contributed by atoms with E-state index in [0.717, 1.165) is 11.4 Å². The average molecular weight is 674 g/mol. The number of para-hydroxylation sites is 2. The molecule has 7 aromatic rings. The van der Waals surface area contributed by atoms with Crippen molar-refractivity contribution in [3.63, 3.8) is 0 Å². The SMILES string of the molecule is Cc1cc2c3c(c1)N(c1ccccc1)c1cc4c(cc1B3Sc1ccncc1-2)B1Sc2ccncc2-c2cc(C)cc(c21)N4c1ccccc1. The van der Waals surface area contributed by atoms with E-state index in [2.05, 4.69) is 143 Å². The molecule has 0 fully saturated rings. The van der Waals surface area contributed by atoms with Crippen LogP contribution in [0.4, 0.5) is 34.1 Å². The summed E-state index contributed by atoms with van der Waals surface area (Å²) in [7, 11) is 0. The van der Waals surface area contributed by atoms with Crippen molar-refractivity contribution in [2.75, 3.05) is 9.80 Å². The molecule has 0 atom stereocenters. The Labute approximate surface area is 300 Å². The van der Waals surface area contributed by atoms with Gasteiger partial charge in [-0.05, 0) is 113 Å². The van der Waals surface area contributed by atoms with Crippen molar-refractivity contribution in [3.05, 3.63) is 145 Å². The third-order valence-corrected chi connectivity index (χ3v) is 13.2. The Kier molecular flexibility index (Phi) is 6.11. The minimum Gasteiger partial charge on any atom is -0.311 e. The minimum atomic E-state index is 0.143. The van der Waals surface area contributed by atoms with Crippen LogP contribution in [0.3, 0.4) is 0 Å². The van der Waals surface area contributed by atoms with Gasteiger partial charge in [0.2, 0.25) is 0 Å². The van der Waals surface area contributed by atoms with E-state index < -0.39 is 0 Å². The van der Waals surface area contributed by atoms with Crippen LogP contribution in [0.1, 0.15) is 11.1 Å². The Morgan fingerprint density at radius 3 is 1.40 bits per heavy atom. The number of rotatable bonds is 2. The van der Waals surface area contributed by atoms with Gasteiger partial charge in [-0.15, -0.1) is 0 Å². The highest BCUT2D eigenvalue weighted by Gasteiger charge is 2.45. The molecular formula is C42H28B2N4S2. The zero-order chi connectivity index (χ0) is 33.1. The van der Waals surface area contributed by atoms with Crippen LogP contribution >= 0.6 is 23.2 Å². The van der Waals surface area contributed by atoms with E-state index in [1.807, 2.05) is 48.0 Å². The van der Waals surface area contributed by atoms with Crippen LogP contribution in [0, 0.1) is 13.8 Å². The van der Waals surface area contributed by atoms with Gasteiger partial charge in [0.05, 0.1) is 0 Å². The van der Waals surface area contributed by atoms with Crippen LogP contribution in [-0.2, 0) is 0 Å². The maximum absolute atomic E-state index is 4.58. The van der Waals surface area contributed by atoms with E-state index in [0.29, 0.717) is 0 Å². The Balaban J connectivity index is 1.24. The number of aryl methyl sites for hydroxylation is 2. The maximum atomic E-state index is 4.58. The molecule has 0 spiro atoms. The lowest BCUT2D eigenvalue weighted by atomic mass is 9.51. The standard InChI is InChI=1S/C42H28B2N4S2/c1-25-17-29-31-23-45-15-13-39(31)49-43-33-21-34-36(22-35(33)47(37(19-25)41(29)43)27-9-5-3-6-10-27)48(28-11-7-4-8-12-28)38-20-26(2)18-30-32-24-46-16-14-40(32)50-44(34)42(30)38/h3-24H,1-2H3. The fourth-order valence-electron chi connectivity index (χ4n) is 8.50. The van der Waals surface area contributed by atoms with E-state index in [4.69, 9.17) is 0 Å². The molecular weight excluding hydrogens is 646 g/mol. The van der Waals surface area contributed by atoms with Gasteiger partial charge in [-0.25, -0.2) is 0 Å². The third kappa shape index (κ3) is 4.00. The summed E-state index contributed by atoms with van der Waals surface area (Å²) in [5, 5.41) is 0. The van der Waals surface area contributed by atoms with Crippen LogP contribution in [-0.4, -0.2) is 22.0 Å². The highest BCUT2D eigenvalue weighted by Crippen LogP contribution is 2.50. The van der Waals surface area contributed by atoms with E-state index in [1.54, 1.807) is 0 Å². The number of benzene rings is 5. The number of hydrogen-bond donors (Lipinski definition) is 0. The Hall–Kier alpha value is -5.17. The lowest BCUT2D eigenvalue weighted by Gasteiger charge is -2.44. The molecule has 8 heteroatoms. The number of nitrogens with zero attached hydrogens (tertiary/aromatic N) is 4. The zero-order valence-corrected chi connectivity index (χ0v) is 29.1. The lowest BCUT2D eigenvalue weighted by Crippen LogP contribution is -2.55. The fourth-order valence-corrected chi connectivity index (χ4v) is 11.2. The molecule has 0 aliphatic carbocycles. The summed E-state index contributed by atoms with van der Waals surface area (Å²) >= 11 is 3.93. The number of fused-ring (bicyclic) bond motifs is 8. The summed E-state index contributed by atoms with van der Waals surface area (Å²) in [5.41, 5.74) is 20.3. The summed E-state index contributed by atoms with van der Waals surface area (Å²) in [6.45, 7) is 4.44. The van der Waals surface area contributed by atoms with Crippen molar-refractivity contribution in [2.24, 2.45) is 0 Å². The largest absolute Gasteiger partial charge is 0.311 e. The molecule has 4 aliphatic rings. The number of pyridine rings is 2. The molecule has 6 heterocycles. The first-order valence-electron chi connectivity index (χ1n) is 17.0. The predicted octanol–water partition coefficient (Wildman–Crippen LogP) is 8.42. The van der Waals surface area contributed by atoms with Gasteiger partial charge in [-0.1, -0.05) is 54.6 Å². The quantitative estimate of drug-likeness (QED) is 0.171. The normalized spacial score (nSPS) is 14.3. The molecule has 0 saturated heterocycles. The predicted molar refractivity (Wildman–Crippen MR) is 214 cm³/mol. The highest BCUT2D eigenvalue weighted by atomic mass is 32.2. The number of anilines is 6. The van der Waals surface area contributed by atoms with Gasteiger partial charge in [0, 0.05) is 79.8 Å². The van der Waals surface area contributed by atoms with Crippen molar-refractivity contribution in [1.29, 1.82) is 0 Å². The molecule has 0 amide bonds. The third-order valence-electron chi connectivity index (χ3n) is 10.5. The van der Waals surface area contributed by atoms with Crippen molar-refractivity contribution >= 4 is 91.2 Å². The van der Waals surface area contributed by atoms with Crippen LogP contribution in [0.2, 0.25) is 0 Å². The molecule has 4 aliphatic heterocycles. The molecule has 2 aromatic heterocycles. The summed E-state index contributed by atoms with van der Waals surface area (Å²) in [5.74, 6) is 0.287. The van der Waals surface area contributed by atoms with Crippen LogP contribution in [0.25, 0.3) is 22.3 Å². The molecule has 0 radical (unpaired) electrons. The molecule has 11 rings (SSSR count). The smallest absolute Gasteiger partial charge is 0.285 e. The van der Waals surface area contributed by atoms with Crippen molar-refractivity contribution in [1.82, 2.24) is 9.97 Å². The molecule has 50 heavy (non-hydrogen) atoms. The first-order chi connectivity index (χ1) is 24.6. The molecule has 0 bridgehead atoms. The maximum Gasteiger partial charge on any atom is 0.285 e. The van der Waals surface area contributed by atoms with E-state index in [-0.39, 0.29) is 12.0 Å². The Bertz CT molecular complexity index is 2390. The van der Waals surface area contributed by atoms with Gasteiger partial charge in [-0.2, -0.15) is 23.2 Å². The van der Waals surface area contributed by atoms with Crippen LogP contribution in [0.15, 0.2) is 144 Å². The summed E-state index contributed by atoms with van der Waals surface area (Å²) in [6, 6.07) is 40.7. The van der Waals surface area contributed by atoms with E-state index >= 15 is 0 Å². The van der Waals surface area contributed by atoms with Gasteiger partial charge < -0.3 is 9.80 Å². The number of hydrogen-bond acceptors (Lipinski definition) is 6. The van der Waals surface area contributed by atoms with Crippen molar-refractivity contribution in [2.45, 2.75) is 23.6 Å². The lowest BCUT2D eigenvalue weighted by molar-refractivity contribution is 1.24. The summed E-state index contributed by atoms with van der Waals surface area (Å²) < 4.78 is 0. The molecule has 5 aromatic carbocycles.